The molecule has 7 rings (SSSR count). The van der Waals surface area contributed by atoms with Crippen LogP contribution < -0.4 is 14.4 Å². The number of anilines is 2. The van der Waals surface area contributed by atoms with Gasteiger partial charge in [0.1, 0.15) is 5.75 Å². The number of ether oxygens (including phenoxy) is 1. The molecule has 0 unspecified atom stereocenters. The van der Waals surface area contributed by atoms with E-state index < -0.39 is 16.1 Å². The van der Waals surface area contributed by atoms with E-state index >= 15 is 0 Å². The van der Waals surface area contributed by atoms with Crippen molar-refractivity contribution in [2.45, 2.75) is 50.0 Å². The first kappa shape index (κ1) is 21.0. The molecule has 1 amide bonds. The summed E-state index contributed by atoms with van der Waals surface area (Å²) in [4.78, 5) is 13.0. The lowest BCUT2D eigenvalue weighted by atomic mass is 9.48. The van der Waals surface area contributed by atoms with E-state index in [1.165, 1.54) is 48.4 Å². The Morgan fingerprint density at radius 1 is 0.970 bits per heavy atom. The standard InChI is InChI=1S/C26H30N2O4S/c1-33(30,31)28-16-24(32-23-5-3-2-4-22(23)28)25(29)27-21-8-6-20(7-9-21)26-13-17-10-18(14-26)12-19(11-17)15-26/h2-9,17-19,24H,10-16H2,1H3,(H,27,29)/t17?,18?,19?,24-,26?/m0/s1. The third-order valence-electron chi connectivity index (χ3n) is 8.23. The van der Waals surface area contributed by atoms with Gasteiger partial charge in [0, 0.05) is 5.69 Å². The number of para-hydroxylation sites is 2. The minimum Gasteiger partial charge on any atom is -0.476 e. The molecule has 0 saturated heterocycles. The van der Waals surface area contributed by atoms with Crippen molar-refractivity contribution in [1.82, 2.24) is 0 Å². The Hall–Kier alpha value is -2.54. The quantitative estimate of drug-likeness (QED) is 0.728. The van der Waals surface area contributed by atoms with Crippen LogP contribution in [-0.4, -0.2) is 33.2 Å². The Kier molecular flexibility index (Phi) is 4.77. The summed E-state index contributed by atoms with van der Waals surface area (Å²) in [5.41, 5.74) is 2.90. The van der Waals surface area contributed by atoms with Crippen molar-refractivity contribution >= 4 is 27.3 Å². The Labute approximate surface area is 195 Å². The molecular weight excluding hydrogens is 436 g/mol. The molecule has 6 nitrogen and oxygen atoms in total. The Morgan fingerprint density at radius 2 is 1.58 bits per heavy atom. The van der Waals surface area contributed by atoms with Crippen LogP contribution in [0.2, 0.25) is 0 Å². The van der Waals surface area contributed by atoms with Gasteiger partial charge >= 0.3 is 0 Å². The van der Waals surface area contributed by atoms with Gasteiger partial charge in [-0.15, -0.1) is 0 Å². The number of carbonyl (C=O) groups excluding carboxylic acids is 1. The number of hydrogen-bond donors (Lipinski definition) is 1. The third-order valence-corrected chi connectivity index (χ3v) is 9.38. The van der Waals surface area contributed by atoms with Crippen molar-refractivity contribution in [3.63, 3.8) is 0 Å². The topological polar surface area (TPSA) is 75.7 Å². The molecule has 4 fully saturated rings. The highest BCUT2D eigenvalue weighted by Crippen LogP contribution is 2.60. The maximum Gasteiger partial charge on any atom is 0.267 e. The largest absolute Gasteiger partial charge is 0.476 e. The van der Waals surface area contributed by atoms with Gasteiger partial charge in [-0.25, -0.2) is 8.42 Å². The molecule has 0 spiro atoms. The molecule has 1 N–H and O–H groups in total. The van der Waals surface area contributed by atoms with Crippen LogP contribution in [0.1, 0.15) is 44.1 Å². The van der Waals surface area contributed by atoms with Crippen molar-refractivity contribution in [2.75, 3.05) is 22.4 Å². The van der Waals surface area contributed by atoms with Gasteiger partial charge < -0.3 is 10.1 Å². The number of amides is 1. The maximum absolute atomic E-state index is 13.0. The van der Waals surface area contributed by atoms with E-state index in [2.05, 4.69) is 17.4 Å². The zero-order chi connectivity index (χ0) is 22.8. The Balaban J connectivity index is 1.18. The molecule has 4 aliphatic carbocycles. The molecule has 4 saturated carbocycles. The predicted octanol–water partition coefficient (Wildman–Crippen LogP) is 4.32. The average molecular weight is 467 g/mol. The van der Waals surface area contributed by atoms with Crippen LogP contribution in [0.4, 0.5) is 11.4 Å². The fourth-order valence-electron chi connectivity index (χ4n) is 7.25. The van der Waals surface area contributed by atoms with E-state index in [4.69, 9.17) is 4.74 Å². The van der Waals surface area contributed by atoms with Crippen LogP contribution in [0.25, 0.3) is 0 Å². The smallest absolute Gasteiger partial charge is 0.267 e. The van der Waals surface area contributed by atoms with E-state index in [-0.39, 0.29) is 12.5 Å². The maximum atomic E-state index is 13.0. The molecule has 1 heterocycles. The Morgan fingerprint density at radius 3 is 2.18 bits per heavy atom. The van der Waals surface area contributed by atoms with E-state index in [0.717, 1.165) is 24.0 Å². The molecule has 2 aromatic rings. The highest BCUT2D eigenvalue weighted by Gasteiger charge is 2.51. The third kappa shape index (κ3) is 3.70. The summed E-state index contributed by atoms with van der Waals surface area (Å²) in [6, 6.07) is 15.2. The summed E-state index contributed by atoms with van der Waals surface area (Å²) >= 11 is 0. The molecule has 1 atom stereocenters. The number of nitrogens with zero attached hydrogens (tertiary/aromatic N) is 1. The van der Waals surface area contributed by atoms with Gasteiger partial charge in [0.15, 0.2) is 6.10 Å². The zero-order valence-electron chi connectivity index (χ0n) is 18.9. The molecular formula is C26H30N2O4S. The number of hydrogen-bond acceptors (Lipinski definition) is 4. The van der Waals surface area contributed by atoms with E-state index in [0.29, 0.717) is 22.5 Å². The van der Waals surface area contributed by atoms with E-state index in [1.54, 1.807) is 24.3 Å². The lowest BCUT2D eigenvalue weighted by Crippen LogP contribution is -2.48. The molecule has 33 heavy (non-hydrogen) atoms. The minimum absolute atomic E-state index is 0.0486. The fourth-order valence-corrected chi connectivity index (χ4v) is 8.16. The van der Waals surface area contributed by atoms with Crippen molar-refractivity contribution in [1.29, 1.82) is 0 Å². The first-order valence-electron chi connectivity index (χ1n) is 11.9. The molecule has 7 heteroatoms. The summed E-state index contributed by atoms with van der Waals surface area (Å²) in [5, 5.41) is 2.93. The summed E-state index contributed by atoms with van der Waals surface area (Å²) < 4.78 is 31.7. The molecule has 0 radical (unpaired) electrons. The SMILES string of the molecule is CS(=O)(=O)N1C[C@@H](C(=O)Nc2ccc(C34CC5CC(CC(C5)C3)C4)cc2)Oc2ccccc21. The second-order valence-corrected chi connectivity index (χ2v) is 12.5. The summed E-state index contributed by atoms with van der Waals surface area (Å²) in [6.07, 6.45) is 8.40. The Bertz CT molecular complexity index is 1160. The van der Waals surface area contributed by atoms with E-state index in [9.17, 15) is 13.2 Å². The molecule has 1 aliphatic heterocycles. The molecule has 5 aliphatic rings. The van der Waals surface area contributed by atoms with Crippen LogP contribution in [0.3, 0.4) is 0 Å². The van der Waals surface area contributed by atoms with Gasteiger partial charge in [0.2, 0.25) is 10.0 Å². The van der Waals surface area contributed by atoms with Crippen LogP contribution in [0, 0.1) is 17.8 Å². The van der Waals surface area contributed by atoms with Crippen molar-refractivity contribution in [3.05, 3.63) is 54.1 Å². The number of rotatable bonds is 4. The zero-order valence-corrected chi connectivity index (χ0v) is 19.7. The van der Waals surface area contributed by atoms with Crippen LogP contribution in [-0.2, 0) is 20.2 Å². The van der Waals surface area contributed by atoms with Crippen molar-refractivity contribution in [3.8, 4) is 5.75 Å². The number of fused-ring (bicyclic) bond motifs is 1. The number of benzene rings is 2. The minimum atomic E-state index is -3.53. The molecule has 0 aromatic heterocycles. The summed E-state index contributed by atoms with van der Waals surface area (Å²) in [7, 11) is -3.53. The second kappa shape index (κ2) is 7.49. The molecule has 2 aromatic carbocycles. The predicted molar refractivity (Wildman–Crippen MR) is 128 cm³/mol. The van der Waals surface area contributed by atoms with Gasteiger partial charge in [-0.1, -0.05) is 24.3 Å². The number of sulfonamides is 1. The van der Waals surface area contributed by atoms with Gasteiger partial charge in [-0.05, 0) is 91.5 Å². The average Bonchev–Trinajstić information content (AvgIpc) is 2.77. The van der Waals surface area contributed by atoms with Crippen molar-refractivity contribution in [2.24, 2.45) is 17.8 Å². The number of carbonyl (C=O) groups is 1. The van der Waals surface area contributed by atoms with Crippen LogP contribution in [0.5, 0.6) is 5.75 Å². The van der Waals surface area contributed by atoms with Gasteiger partial charge in [0.05, 0.1) is 18.5 Å². The van der Waals surface area contributed by atoms with E-state index in [1.807, 2.05) is 12.1 Å². The number of nitrogens with one attached hydrogen (secondary N) is 1. The lowest BCUT2D eigenvalue weighted by Gasteiger charge is -2.57. The van der Waals surface area contributed by atoms with Gasteiger partial charge in [-0.2, -0.15) is 0 Å². The second-order valence-electron chi connectivity index (χ2n) is 10.6. The lowest BCUT2D eigenvalue weighted by molar-refractivity contribution is -0.122. The fraction of sp³-hybridized carbons (Fsp3) is 0.500. The van der Waals surface area contributed by atoms with Crippen molar-refractivity contribution < 1.29 is 17.9 Å². The first-order valence-corrected chi connectivity index (χ1v) is 13.8. The monoisotopic (exact) mass is 466 g/mol. The van der Waals surface area contributed by atoms with Gasteiger partial charge in [-0.3, -0.25) is 9.10 Å². The first-order chi connectivity index (χ1) is 15.8. The van der Waals surface area contributed by atoms with Crippen LogP contribution >= 0.6 is 0 Å². The molecule has 174 valence electrons. The highest BCUT2D eigenvalue weighted by atomic mass is 32.2. The highest BCUT2D eigenvalue weighted by molar-refractivity contribution is 7.92. The molecule has 4 bridgehead atoms. The summed E-state index contributed by atoms with van der Waals surface area (Å²) in [5.74, 6) is 2.71. The normalized spacial score (nSPS) is 32.2. The van der Waals surface area contributed by atoms with Gasteiger partial charge in [0.25, 0.3) is 5.91 Å². The summed E-state index contributed by atoms with van der Waals surface area (Å²) in [6.45, 7) is -0.0486. The van der Waals surface area contributed by atoms with Crippen LogP contribution in [0.15, 0.2) is 48.5 Å².